The predicted molar refractivity (Wildman–Crippen MR) is 108 cm³/mol. The highest BCUT2D eigenvalue weighted by Crippen LogP contribution is 2.34. The summed E-state index contributed by atoms with van der Waals surface area (Å²) in [5.74, 6) is 0.840. The van der Waals surface area contributed by atoms with Crippen molar-refractivity contribution in [1.29, 1.82) is 0 Å². The van der Waals surface area contributed by atoms with E-state index in [0.29, 0.717) is 0 Å². The van der Waals surface area contributed by atoms with Gasteiger partial charge < -0.3 is 9.64 Å². The number of ether oxygens (including phenoxy) is 1. The summed E-state index contributed by atoms with van der Waals surface area (Å²) in [5, 5.41) is 1.68. The number of benzene rings is 2. The zero-order chi connectivity index (χ0) is 18.7. The molecule has 0 N–H and O–H groups in total. The van der Waals surface area contributed by atoms with Gasteiger partial charge in [0.2, 0.25) is 5.91 Å². The second-order valence-corrected chi connectivity index (χ2v) is 7.61. The molecule has 0 radical (unpaired) electrons. The van der Waals surface area contributed by atoms with E-state index in [1.54, 1.807) is 26.1 Å². The number of aromatic nitrogens is 1. The Labute approximate surface area is 158 Å². The molecule has 0 fully saturated rings. The summed E-state index contributed by atoms with van der Waals surface area (Å²) in [6, 6.07) is 18.2. The first kappa shape index (κ1) is 18.3. The Morgan fingerprint density at radius 1 is 1.12 bits per heavy atom. The van der Waals surface area contributed by atoms with E-state index < -0.39 is 0 Å². The van der Waals surface area contributed by atoms with E-state index in [1.165, 1.54) is 11.8 Å². The van der Waals surface area contributed by atoms with Gasteiger partial charge in [-0.2, -0.15) is 0 Å². The number of methoxy groups -OCH3 is 1. The summed E-state index contributed by atoms with van der Waals surface area (Å²) in [4.78, 5) is 18.6. The lowest BCUT2D eigenvalue weighted by Gasteiger charge is -2.17. The molecule has 3 aromatic rings. The number of pyridine rings is 1. The summed E-state index contributed by atoms with van der Waals surface area (Å²) in [6.45, 7) is 1.91. The lowest BCUT2D eigenvalue weighted by molar-refractivity contribution is -0.127. The van der Waals surface area contributed by atoms with Gasteiger partial charge in [-0.15, -0.1) is 0 Å². The van der Waals surface area contributed by atoms with Crippen LogP contribution in [0.4, 0.5) is 0 Å². The van der Waals surface area contributed by atoms with Crippen LogP contribution in [0.1, 0.15) is 6.92 Å². The van der Waals surface area contributed by atoms with Crippen LogP contribution in [0.3, 0.4) is 0 Å². The summed E-state index contributed by atoms with van der Waals surface area (Å²) in [7, 11) is 5.19. The molecular formula is C21H22N2O2S. The molecule has 0 bridgehead atoms. The first-order chi connectivity index (χ1) is 12.5. The SMILES string of the molecule is COc1ccc2c(-c3ccccc3)cc(SC(C)C(=O)N(C)C)nc2c1. The van der Waals surface area contributed by atoms with Gasteiger partial charge in [0, 0.05) is 25.5 Å². The maximum Gasteiger partial charge on any atom is 0.235 e. The normalized spacial score (nSPS) is 12.0. The monoisotopic (exact) mass is 366 g/mol. The second-order valence-electron chi connectivity index (χ2n) is 6.25. The Bertz CT molecular complexity index is 926. The molecule has 0 aliphatic carbocycles. The molecule has 1 unspecified atom stereocenters. The molecule has 0 aliphatic rings. The van der Waals surface area contributed by atoms with E-state index in [1.807, 2.05) is 43.3 Å². The highest BCUT2D eigenvalue weighted by Gasteiger charge is 2.18. The summed E-state index contributed by atoms with van der Waals surface area (Å²) in [6.07, 6.45) is 0. The van der Waals surface area contributed by atoms with Crippen LogP contribution in [0.25, 0.3) is 22.0 Å². The molecule has 0 saturated carbocycles. The molecule has 26 heavy (non-hydrogen) atoms. The third-order valence-electron chi connectivity index (χ3n) is 4.16. The molecule has 0 spiro atoms. The number of rotatable bonds is 5. The van der Waals surface area contributed by atoms with Crippen molar-refractivity contribution in [2.45, 2.75) is 17.2 Å². The van der Waals surface area contributed by atoms with Gasteiger partial charge in [0.25, 0.3) is 0 Å². The van der Waals surface area contributed by atoms with Crippen LogP contribution >= 0.6 is 11.8 Å². The fourth-order valence-electron chi connectivity index (χ4n) is 2.82. The van der Waals surface area contributed by atoms with Crippen LogP contribution in [0.2, 0.25) is 0 Å². The quantitative estimate of drug-likeness (QED) is 0.625. The van der Waals surface area contributed by atoms with E-state index in [2.05, 4.69) is 18.2 Å². The van der Waals surface area contributed by atoms with Crippen molar-refractivity contribution in [2.75, 3.05) is 21.2 Å². The Hall–Kier alpha value is -2.53. The summed E-state index contributed by atoms with van der Waals surface area (Å²) in [5.41, 5.74) is 3.08. The number of carbonyl (C=O) groups is 1. The van der Waals surface area contributed by atoms with E-state index in [0.717, 1.165) is 32.8 Å². The molecule has 1 amide bonds. The lowest BCUT2D eigenvalue weighted by Crippen LogP contribution is -2.29. The van der Waals surface area contributed by atoms with Gasteiger partial charge in [0.15, 0.2) is 0 Å². The molecule has 1 atom stereocenters. The van der Waals surface area contributed by atoms with Crippen molar-refractivity contribution >= 4 is 28.6 Å². The van der Waals surface area contributed by atoms with Crippen molar-refractivity contribution in [2.24, 2.45) is 0 Å². The van der Waals surface area contributed by atoms with Crippen LogP contribution in [-0.2, 0) is 4.79 Å². The van der Waals surface area contributed by atoms with Crippen LogP contribution in [0.5, 0.6) is 5.75 Å². The van der Waals surface area contributed by atoms with Crippen molar-refractivity contribution in [3.05, 3.63) is 54.6 Å². The average Bonchev–Trinajstić information content (AvgIpc) is 2.66. The van der Waals surface area contributed by atoms with E-state index in [9.17, 15) is 4.79 Å². The standard InChI is InChI=1S/C21H22N2O2S/c1-14(21(24)23(2)3)26-20-13-18(15-8-6-5-7-9-15)17-11-10-16(25-4)12-19(17)22-20/h5-14H,1-4H3. The number of amides is 1. The molecule has 2 aromatic carbocycles. The molecule has 3 rings (SSSR count). The summed E-state index contributed by atoms with van der Waals surface area (Å²) < 4.78 is 5.35. The molecular weight excluding hydrogens is 344 g/mol. The Kier molecular flexibility index (Phi) is 5.47. The maximum absolute atomic E-state index is 12.2. The average molecular weight is 366 g/mol. The van der Waals surface area contributed by atoms with Crippen LogP contribution in [-0.4, -0.2) is 42.2 Å². The maximum atomic E-state index is 12.2. The number of carbonyl (C=O) groups excluding carboxylic acids is 1. The smallest absolute Gasteiger partial charge is 0.235 e. The molecule has 134 valence electrons. The van der Waals surface area contributed by atoms with Crippen molar-refractivity contribution in [3.63, 3.8) is 0 Å². The third-order valence-corrected chi connectivity index (χ3v) is 5.17. The molecule has 1 heterocycles. The van der Waals surface area contributed by atoms with Crippen molar-refractivity contribution in [1.82, 2.24) is 9.88 Å². The third kappa shape index (κ3) is 3.83. The van der Waals surface area contributed by atoms with Crippen molar-refractivity contribution in [3.8, 4) is 16.9 Å². The number of hydrogen-bond donors (Lipinski definition) is 0. The minimum Gasteiger partial charge on any atom is -0.497 e. The highest BCUT2D eigenvalue weighted by molar-refractivity contribution is 8.00. The highest BCUT2D eigenvalue weighted by atomic mass is 32.2. The van der Waals surface area contributed by atoms with E-state index in [-0.39, 0.29) is 11.2 Å². The van der Waals surface area contributed by atoms with Gasteiger partial charge in [-0.3, -0.25) is 4.79 Å². The second kappa shape index (κ2) is 7.79. The minimum absolute atomic E-state index is 0.0730. The van der Waals surface area contributed by atoms with Gasteiger partial charge in [0.1, 0.15) is 5.75 Å². The molecule has 0 saturated heterocycles. The number of hydrogen-bond acceptors (Lipinski definition) is 4. The number of thioether (sulfide) groups is 1. The Morgan fingerprint density at radius 2 is 1.85 bits per heavy atom. The van der Waals surface area contributed by atoms with E-state index in [4.69, 9.17) is 9.72 Å². The van der Waals surface area contributed by atoms with Gasteiger partial charge in [-0.25, -0.2) is 4.98 Å². The van der Waals surface area contributed by atoms with Gasteiger partial charge in [-0.1, -0.05) is 42.1 Å². The van der Waals surface area contributed by atoms with Crippen LogP contribution in [0, 0.1) is 0 Å². The zero-order valence-corrected chi connectivity index (χ0v) is 16.2. The molecule has 1 aromatic heterocycles. The van der Waals surface area contributed by atoms with Gasteiger partial charge >= 0.3 is 0 Å². The largest absolute Gasteiger partial charge is 0.497 e. The Balaban J connectivity index is 2.11. The molecule has 4 nitrogen and oxygen atoms in total. The fourth-order valence-corrected chi connectivity index (χ4v) is 3.83. The first-order valence-electron chi connectivity index (χ1n) is 8.41. The van der Waals surface area contributed by atoms with Gasteiger partial charge in [0.05, 0.1) is 22.9 Å². The first-order valence-corrected chi connectivity index (χ1v) is 9.29. The zero-order valence-electron chi connectivity index (χ0n) is 15.4. The Morgan fingerprint density at radius 3 is 2.50 bits per heavy atom. The number of nitrogens with zero attached hydrogens (tertiary/aromatic N) is 2. The lowest BCUT2D eigenvalue weighted by atomic mass is 10.0. The summed E-state index contributed by atoms with van der Waals surface area (Å²) >= 11 is 1.47. The topological polar surface area (TPSA) is 42.4 Å². The van der Waals surface area contributed by atoms with E-state index >= 15 is 0 Å². The molecule has 5 heteroatoms. The number of fused-ring (bicyclic) bond motifs is 1. The minimum atomic E-state index is -0.204. The van der Waals surface area contributed by atoms with Crippen LogP contribution < -0.4 is 4.74 Å². The van der Waals surface area contributed by atoms with Crippen molar-refractivity contribution < 1.29 is 9.53 Å². The predicted octanol–water partition coefficient (Wildman–Crippen LogP) is 4.48. The van der Waals surface area contributed by atoms with Crippen LogP contribution in [0.15, 0.2) is 59.6 Å². The fraction of sp³-hybridized carbons (Fsp3) is 0.238. The molecule has 0 aliphatic heterocycles. The van der Waals surface area contributed by atoms with Gasteiger partial charge in [-0.05, 0) is 36.2 Å².